The Hall–Kier alpha value is -2.23. The third-order valence-corrected chi connectivity index (χ3v) is 8.62. The normalized spacial score (nSPS) is 13.2. The summed E-state index contributed by atoms with van der Waals surface area (Å²) in [6, 6.07) is 23.1. The van der Waals surface area contributed by atoms with Gasteiger partial charge >= 0.3 is 167 Å². The van der Waals surface area contributed by atoms with Crippen LogP contribution in [0.3, 0.4) is 0 Å². The van der Waals surface area contributed by atoms with E-state index < -0.39 is 7.28 Å². The van der Waals surface area contributed by atoms with Gasteiger partial charge in [0.15, 0.2) is 0 Å². The molecule has 0 saturated carbocycles. The number of aryl methyl sites for hydroxylation is 3. The average Bonchev–Trinajstić information content (AvgIpc) is 2.64. The Balaban J connectivity index is 2.41. The van der Waals surface area contributed by atoms with Crippen LogP contribution >= 0.6 is 7.28 Å². The molecule has 0 amide bonds. The Morgan fingerprint density at radius 3 is 1.54 bits per heavy atom. The summed E-state index contributed by atoms with van der Waals surface area (Å²) >= 11 is 0. The van der Waals surface area contributed by atoms with Crippen molar-refractivity contribution in [1.82, 2.24) is 5.06 Å². The van der Waals surface area contributed by atoms with Crippen LogP contribution in [0.2, 0.25) is 0 Å². The Labute approximate surface area is 167 Å². The van der Waals surface area contributed by atoms with Crippen LogP contribution in [-0.2, 0) is 4.62 Å². The van der Waals surface area contributed by atoms with E-state index in [0.717, 1.165) is 16.7 Å². The molecular weight excluding hydrogens is 369 g/mol. The second-order valence-electron chi connectivity index (χ2n) is 7.24. The van der Waals surface area contributed by atoms with Crippen LogP contribution in [0.4, 0.5) is 0 Å². The predicted octanol–water partition coefficient (Wildman–Crippen LogP) is 4.43. The molecule has 3 aromatic carbocycles. The van der Waals surface area contributed by atoms with Gasteiger partial charge in [-0.15, -0.1) is 0 Å². The number of hydrogen-bond donors (Lipinski definition) is 1. The standard InChI is InChI=1S/C23H28NO3P/c1-18-12-6-9-15-21(18)26-28(25,27-24(4)5,22-16-10-7-13-19(22)2)23-17-11-8-14-20(23)3/h6-17,25H,1-5H3. The molecule has 0 aliphatic carbocycles. The van der Waals surface area contributed by atoms with Crippen molar-refractivity contribution in [3.8, 4) is 5.75 Å². The maximum atomic E-state index is 12.7. The summed E-state index contributed by atoms with van der Waals surface area (Å²) < 4.78 is 12.9. The fraction of sp³-hybridized carbons (Fsp3) is 0.217. The molecule has 0 heterocycles. The Kier molecular flexibility index (Phi) is 5.60. The number of hydroxylamine groups is 2. The molecule has 0 aliphatic rings. The molecule has 1 N–H and O–H groups in total. The zero-order chi connectivity index (χ0) is 20.4. The summed E-state index contributed by atoms with van der Waals surface area (Å²) in [5.41, 5.74) is 2.73. The molecule has 28 heavy (non-hydrogen) atoms. The quantitative estimate of drug-likeness (QED) is 0.494. The van der Waals surface area contributed by atoms with Crippen LogP contribution in [0.1, 0.15) is 16.7 Å². The summed E-state index contributed by atoms with van der Waals surface area (Å²) in [5.74, 6) is 0.594. The molecule has 0 aliphatic heterocycles. The average molecular weight is 397 g/mol. The van der Waals surface area contributed by atoms with Crippen molar-refractivity contribution in [2.75, 3.05) is 14.1 Å². The van der Waals surface area contributed by atoms with Crippen LogP contribution in [0, 0.1) is 20.8 Å². The number of rotatable bonds is 6. The van der Waals surface area contributed by atoms with Gasteiger partial charge < -0.3 is 0 Å². The first-order valence-corrected chi connectivity index (χ1v) is 11.3. The Bertz CT molecular complexity index is 941. The Morgan fingerprint density at radius 1 is 0.679 bits per heavy atom. The number of hydrogen-bond acceptors (Lipinski definition) is 4. The van der Waals surface area contributed by atoms with Gasteiger partial charge in [-0.1, -0.05) is 0 Å². The van der Waals surface area contributed by atoms with Crippen LogP contribution in [-0.4, -0.2) is 24.1 Å². The minimum absolute atomic E-state index is 0.594. The molecular formula is C23H28NO3P. The molecule has 0 bridgehead atoms. The molecule has 5 heteroatoms. The minimum atomic E-state index is -4.56. The zero-order valence-electron chi connectivity index (χ0n) is 17.1. The van der Waals surface area contributed by atoms with E-state index in [1.165, 1.54) is 5.06 Å². The molecule has 0 saturated heterocycles. The first-order valence-electron chi connectivity index (χ1n) is 9.28. The van der Waals surface area contributed by atoms with Crippen molar-refractivity contribution < 1.29 is 14.0 Å². The molecule has 4 nitrogen and oxygen atoms in total. The molecule has 0 aromatic heterocycles. The van der Waals surface area contributed by atoms with Crippen molar-refractivity contribution >= 4 is 17.9 Å². The van der Waals surface area contributed by atoms with Gasteiger partial charge in [-0.25, -0.2) is 0 Å². The van der Waals surface area contributed by atoms with E-state index in [1.54, 1.807) is 14.1 Å². The topological polar surface area (TPSA) is 41.9 Å². The summed E-state index contributed by atoms with van der Waals surface area (Å²) in [4.78, 5) is 12.7. The molecule has 148 valence electrons. The van der Waals surface area contributed by atoms with E-state index >= 15 is 0 Å². The molecule has 0 radical (unpaired) electrons. The van der Waals surface area contributed by atoms with Gasteiger partial charge in [0.1, 0.15) is 0 Å². The summed E-state index contributed by atoms with van der Waals surface area (Å²) in [5, 5.41) is 2.83. The third kappa shape index (κ3) is 3.57. The SMILES string of the molecule is Cc1ccccc1OP(O)(ON(C)C)(c1ccccc1C)c1ccccc1C. The summed E-state index contributed by atoms with van der Waals surface area (Å²) in [7, 11) is -1.04. The molecule has 0 spiro atoms. The Morgan fingerprint density at radius 2 is 1.11 bits per heavy atom. The summed E-state index contributed by atoms with van der Waals surface area (Å²) in [6.07, 6.45) is 0. The van der Waals surface area contributed by atoms with Crippen LogP contribution < -0.4 is 15.1 Å². The molecule has 0 atom stereocenters. The van der Waals surface area contributed by atoms with Crippen LogP contribution in [0.5, 0.6) is 5.75 Å². The number of nitrogens with zero attached hydrogens (tertiary/aromatic N) is 1. The van der Waals surface area contributed by atoms with Gasteiger partial charge in [-0.2, -0.15) is 0 Å². The van der Waals surface area contributed by atoms with Crippen LogP contribution in [0.15, 0.2) is 72.8 Å². The van der Waals surface area contributed by atoms with Gasteiger partial charge in [0.25, 0.3) is 0 Å². The van der Waals surface area contributed by atoms with E-state index in [-0.39, 0.29) is 0 Å². The van der Waals surface area contributed by atoms with Gasteiger partial charge in [-0.05, 0) is 0 Å². The number of para-hydroxylation sites is 1. The second-order valence-corrected chi connectivity index (χ2v) is 10.4. The summed E-state index contributed by atoms with van der Waals surface area (Å²) in [6.45, 7) is 5.89. The van der Waals surface area contributed by atoms with Gasteiger partial charge in [0.05, 0.1) is 0 Å². The van der Waals surface area contributed by atoms with Gasteiger partial charge in [0, 0.05) is 0 Å². The van der Waals surface area contributed by atoms with Crippen molar-refractivity contribution in [1.29, 1.82) is 0 Å². The first-order chi connectivity index (χ1) is 13.2. The van der Waals surface area contributed by atoms with E-state index in [0.29, 0.717) is 16.4 Å². The van der Waals surface area contributed by atoms with E-state index in [4.69, 9.17) is 9.15 Å². The van der Waals surface area contributed by atoms with Crippen molar-refractivity contribution in [3.63, 3.8) is 0 Å². The first kappa shape index (κ1) is 20.5. The molecule has 3 rings (SSSR count). The van der Waals surface area contributed by atoms with Crippen molar-refractivity contribution in [2.24, 2.45) is 0 Å². The number of benzene rings is 3. The van der Waals surface area contributed by atoms with Crippen molar-refractivity contribution in [3.05, 3.63) is 89.5 Å². The van der Waals surface area contributed by atoms with Gasteiger partial charge in [-0.3, -0.25) is 0 Å². The predicted molar refractivity (Wildman–Crippen MR) is 117 cm³/mol. The van der Waals surface area contributed by atoms with Crippen molar-refractivity contribution in [2.45, 2.75) is 20.8 Å². The zero-order valence-corrected chi connectivity index (χ0v) is 18.0. The van der Waals surface area contributed by atoms with Gasteiger partial charge in [0.2, 0.25) is 0 Å². The molecule has 0 unspecified atom stereocenters. The van der Waals surface area contributed by atoms with E-state index in [2.05, 4.69) is 0 Å². The third-order valence-electron chi connectivity index (χ3n) is 4.76. The fourth-order valence-corrected chi connectivity index (χ4v) is 7.42. The molecule has 0 fully saturated rings. The maximum absolute atomic E-state index is 12.7. The fourth-order valence-electron chi connectivity index (χ4n) is 3.49. The molecule has 3 aromatic rings. The van der Waals surface area contributed by atoms with Crippen LogP contribution in [0.25, 0.3) is 0 Å². The van der Waals surface area contributed by atoms with E-state index in [9.17, 15) is 4.89 Å². The van der Waals surface area contributed by atoms with E-state index in [1.807, 2.05) is 93.6 Å². The second kappa shape index (κ2) is 7.65. The monoisotopic (exact) mass is 397 g/mol.